The fourth-order valence-corrected chi connectivity index (χ4v) is 2.23. The summed E-state index contributed by atoms with van der Waals surface area (Å²) in [7, 11) is 0. The molecule has 2 rings (SSSR count). The minimum absolute atomic E-state index is 0.817. The average Bonchev–Trinajstić information content (AvgIpc) is 2.74. The highest BCUT2D eigenvalue weighted by Gasteiger charge is 2.13. The van der Waals surface area contributed by atoms with Crippen molar-refractivity contribution in [1.29, 1.82) is 0 Å². The van der Waals surface area contributed by atoms with E-state index >= 15 is 0 Å². The molecule has 0 radical (unpaired) electrons. The molecular formula is C9H13IN4S. The molecule has 0 saturated carbocycles. The smallest absolute Gasteiger partial charge is 0.189 e. The van der Waals surface area contributed by atoms with E-state index in [1.807, 2.05) is 12.5 Å². The van der Waals surface area contributed by atoms with Gasteiger partial charge in [0.25, 0.3) is 0 Å². The molecule has 0 aliphatic carbocycles. The molecule has 1 aliphatic rings. The number of thioether (sulfide) groups is 1. The normalized spacial score (nSPS) is 16.9. The fraction of sp³-hybridized carbons (Fsp3) is 0.556. The predicted octanol–water partition coefficient (Wildman–Crippen LogP) is 2.23. The summed E-state index contributed by atoms with van der Waals surface area (Å²) in [4.78, 5) is 8.66. The molecule has 82 valence electrons. The molecule has 1 fully saturated rings. The molecule has 0 spiro atoms. The van der Waals surface area contributed by atoms with Gasteiger partial charge in [-0.1, -0.05) is 11.8 Å². The Bertz CT molecular complexity index is 341. The van der Waals surface area contributed by atoms with E-state index in [-0.39, 0.29) is 0 Å². The van der Waals surface area contributed by atoms with Crippen molar-refractivity contribution in [1.82, 2.24) is 15.0 Å². The van der Waals surface area contributed by atoms with Crippen LogP contribution in [0.2, 0.25) is 0 Å². The van der Waals surface area contributed by atoms with Gasteiger partial charge in [-0.15, -0.1) is 0 Å². The molecule has 0 bridgehead atoms. The number of nitrogens with one attached hydrogen (secondary N) is 1. The molecule has 6 heteroatoms. The van der Waals surface area contributed by atoms with Gasteiger partial charge in [-0.25, -0.2) is 15.0 Å². The molecule has 4 nitrogen and oxygen atoms in total. The lowest BCUT2D eigenvalue weighted by molar-refractivity contribution is 0.407. The van der Waals surface area contributed by atoms with E-state index in [2.05, 4.69) is 43.0 Å². The van der Waals surface area contributed by atoms with Crippen LogP contribution in [0.1, 0.15) is 12.8 Å². The van der Waals surface area contributed by atoms with Crippen molar-refractivity contribution in [3.05, 3.63) is 9.77 Å². The number of hydrogen-bond donors (Lipinski definition) is 1. The van der Waals surface area contributed by atoms with E-state index in [0.717, 1.165) is 27.6 Å². The van der Waals surface area contributed by atoms with Crippen LogP contribution in [0.15, 0.2) is 11.4 Å². The second kappa shape index (κ2) is 5.31. The topological polar surface area (TPSA) is 41.1 Å². The van der Waals surface area contributed by atoms with Gasteiger partial charge in [0.15, 0.2) is 11.0 Å². The number of rotatable bonds is 3. The molecule has 0 aromatic carbocycles. The summed E-state index contributed by atoms with van der Waals surface area (Å²) in [5, 5.41) is 3.03. The Morgan fingerprint density at radius 3 is 2.87 bits per heavy atom. The van der Waals surface area contributed by atoms with Crippen LogP contribution >= 0.6 is 34.4 Å². The van der Waals surface area contributed by atoms with Crippen molar-refractivity contribution in [3.8, 4) is 0 Å². The van der Waals surface area contributed by atoms with Gasteiger partial charge in [0.1, 0.15) is 0 Å². The van der Waals surface area contributed by atoms with Crippen LogP contribution in [0.25, 0.3) is 0 Å². The van der Waals surface area contributed by atoms with Crippen LogP contribution < -0.4 is 5.43 Å². The minimum Gasteiger partial charge on any atom is -0.302 e. The van der Waals surface area contributed by atoms with Crippen molar-refractivity contribution >= 4 is 40.2 Å². The highest BCUT2D eigenvalue weighted by molar-refractivity contribution is 14.1. The number of halogens is 1. The van der Waals surface area contributed by atoms with Gasteiger partial charge >= 0.3 is 0 Å². The van der Waals surface area contributed by atoms with E-state index in [1.165, 1.54) is 12.8 Å². The molecule has 1 N–H and O–H groups in total. The number of nitrogens with zero attached hydrogens (tertiary/aromatic N) is 3. The zero-order valence-electron chi connectivity index (χ0n) is 8.53. The molecular weight excluding hydrogens is 323 g/mol. The number of anilines is 1. The third-order valence-electron chi connectivity index (χ3n) is 2.27. The highest BCUT2D eigenvalue weighted by atomic mass is 127. The van der Waals surface area contributed by atoms with E-state index in [9.17, 15) is 0 Å². The number of hydrazine groups is 1. The summed E-state index contributed by atoms with van der Waals surface area (Å²) in [6, 6.07) is 0. The van der Waals surface area contributed by atoms with Gasteiger partial charge < -0.3 is 5.43 Å². The second-order valence-corrected chi connectivity index (χ2v) is 5.29. The molecule has 1 aromatic rings. The van der Waals surface area contributed by atoms with Crippen molar-refractivity contribution in [2.75, 3.05) is 24.8 Å². The van der Waals surface area contributed by atoms with Crippen molar-refractivity contribution < 1.29 is 0 Å². The quantitative estimate of drug-likeness (QED) is 0.521. The first-order valence-corrected chi connectivity index (χ1v) is 7.18. The van der Waals surface area contributed by atoms with E-state index < -0.39 is 0 Å². The average molecular weight is 336 g/mol. The van der Waals surface area contributed by atoms with Gasteiger partial charge in [0.2, 0.25) is 0 Å². The Balaban J connectivity index is 2.11. The largest absolute Gasteiger partial charge is 0.302 e. The van der Waals surface area contributed by atoms with E-state index in [0.29, 0.717) is 0 Å². The summed E-state index contributed by atoms with van der Waals surface area (Å²) >= 11 is 3.82. The van der Waals surface area contributed by atoms with Crippen LogP contribution in [-0.4, -0.2) is 34.3 Å². The first kappa shape index (κ1) is 11.4. The Morgan fingerprint density at radius 1 is 1.47 bits per heavy atom. The van der Waals surface area contributed by atoms with Gasteiger partial charge in [-0.3, -0.25) is 0 Å². The zero-order valence-corrected chi connectivity index (χ0v) is 11.5. The summed E-state index contributed by atoms with van der Waals surface area (Å²) in [6.45, 7) is 2.21. The van der Waals surface area contributed by atoms with Crippen LogP contribution in [0, 0.1) is 3.57 Å². The maximum atomic E-state index is 4.45. The fourth-order valence-electron chi connectivity index (χ4n) is 1.51. The van der Waals surface area contributed by atoms with Crippen LogP contribution in [0.5, 0.6) is 0 Å². The lowest BCUT2D eigenvalue weighted by Crippen LogP contribution is -2.27. The Kier molecular flexibility index (Phi) is 4.04. The number of aromatic nitrogens is 2. The standard InChI is InChI=1S/C9H13IN4S/c1-15-9-11-6-7(10)8(12-9)13-14-4-2-3-5-14/h6H,2-5H2,1H3,(H,11,12,13). The molecule has 2 heterocycles. The predicted molar refractivity (Wildman–Crippen MR) is 71.0 cm³/mol. The van der Waals surface area contributed by atoms with Crippen molar-refractivity contribution in [3.63, 3.8) is 0 Å². The van der Waals surface area contributed by atoms with Crippen molar-refractivity contribution in [2.24, 2.45) is 0 Å². The maximum Gasteiger partial charge on any atom is 0.189 e. The summed E-state index contributed by atoms with van der Waals surface area (Å²) in [5.74, 6) is 0.928. The van der Waals surface area contributed by atoms with Crippen LogP contribution in [0.3, 0.4) is 0 Å². The highest BCUT2D eigenvalue weighted by Crippen LogP contribution is 2.19. The summed E-state index contributed by atoms with van der Waals surface area (Å²) < 4.78 is 1.07. The first-order chi connectivity index (χ1) is 7.29. The maximum absolute atomic E-state index is 4.45. The Hall–Kier alpha value is -0.0800. The third-order valence-corrected chi connectivity index (χ3v) is 3.63. The zero-order chi connectivity index (χ0) is 10.7. The summed E-state index contributed by atoms with van der Waals surface area (Å²) in [6.07, 6.45) is 6.38. The Labute approximate surface area is 107 Å². The SMILES string of the molecule is CSc1ncc(I)c(NN2CCCC2)n1. The molecule has 1 aromatic heterocycles. The van der Waals surface area contributed by atoms with Gasteiger partial charge in [-0.2, -0.15) is 0 Å². The van der Waals surface area contributed by atoms with Crippen molar-refractivity contribution in [2.45, 2.75) is 18.0 Å². The lowest BCUT2D eigenvalue weighted by atomic mass is 10.4. The minimum atomic E-state index is 0.817. The number of hydrogen-bond acceptors (Lipinski definition) is 5. The monoisotopic (exact) mass is 336 g/mol. The van der Waals surface area contributed by atoms with E-state index in [4.69, 9.17) is 0 Å². The first-order valence-electron chi connectivity index (χ1n) is 4.88. The molecule has 0 unspecified atom stereocenters. The van der Waals surface area contributed by atoms with Crippen LogP contribution in [0.4, 0.5) is 5.82 Å². The van der Waals surface area contributed by atoms with Gasteiger partial charge in [-0.05, 0) is 41.7 Å². The second-order valence-electron chi connectivity index (χ2n) is 3.36. The Morgan fingerprint density at radius 2 is 2.20 bits per heavy atom. The van der Waals surface area contributed by atoms with Gasteiger partial charge in [0, 0.05) is 19.3 Å². The molecule has 1 saturated heterocycles. The van der Waals surface area contributed by atoms with Gasteiger partial charge in [0.05, 0.1) is 3.57 Å². The molecule has 0 amide bonds. The van der Waals surface area contributed by atoms with E-state index in [1.54, 1.807) is 11.8 Å². The molecule has 0 atom stereocenters. The van der Waals surface area contributed by atoms with Crippen LogP contribution in [-0.2, 0) is 0 Å². The molecule has 1 aliphatic heterocycles. The lowest BCUT2D eigenvalue weighted by Gasteiger charge is -2.17. The molecule has 15 heavy (non-hydrogen) atoms. The third kappa shape index (κ3) is 2.94. The summed E-state index contributed by atoms with van der Waals surface area (Å²) in [5.41, 5.74) is 3.35.